The minimum atomic E-state index is -1.43. The Balaban J connectivity index is 1.74. The van der Waals surface area contributed by atoms with Crippen molar-refractivity contribution in [1.29, 1.82) is 0 Å². The number of carboxylic acids is 1. The minimum absolute atomic E-state index is 0.00669. The number of amides is 4. The first kappa shape index (κ1) is 24.4. The molecule has 4 rings (SSSR count). The summed E-state index contributed by atoms with van der Waals surface area (Å²) in [6.45, 7) is 7.26. The van der Waals surface area contributed by atoms with Gasteiger partial charge in [0, 0.05) is 25.9 Å². The molecule has 35 heavy (non-hydrogen) atoms. The maximum Gasteiger partial charge on any atom is 0.332 e. The van der Waals surface area contributed by atoms with Crippen LogP contribution in [-0.4, -0.2) is 68.9 Å². The molecule has 10 nitrogen and oxygen atoms in total. The monoisotopic (exact) mass is 515 g/mol. The Kier molecular flexibility index (Phi) is 6.65. The van der Waals surface area contributed by atoms with Gasteiger partial charge in [-0.2, -0.15) is 0 Å². The molecule has 2 aliphatic heterocycles. The number of urea groups is 1. The van der Waals surface area contributed by atoms with E-state index in [-0.39, 0.29) is 54.9 Å². The van der Waals surface area contributed by atoms with Gasteiger partial charge in [-0.3, -0.25) is 14.4 Å². The molecule has 0 bridgehead atoms. The zero-order valence-corrected chi connectivity index (χ0v) is 19.8. The van der Waals surface area contributed by atoms with Crippen molar-refractivity contribution in [3.05, 3.63) is 63.7 Å². The fourth-order valence-electron chi connectivity index (χ4n) is 4.44. The van der Waals surface area contributed by atoms with Gasteiger partial charge in [-0.25, -0.2) is 19.5 Å². The van der Waals surface area contributed by atoms with Crippen LogP contribution < -0.4 is 4.90 Å². The van der Waals surface area contributed by atoms with Gasteiger partial charge in [-0.1, -0.05) is 47.5 Å². The van der Waals surface area contributed by atoms with Crippen LogP contribution in [0.3, 0.4) is 0 Å². The standard InChI is InChI=1S/C23H19Cl2N5O5/c1-26-15-4-2-14(3-5-15)12-23-13-28(19(31)6-7-20(32)33)8-9-29(23)22(35)30(21(23)34)16-10-17(24)27-18(25)11-16/h2-5,10-11H,6-9,12-13H2,(H,32,33). The lowest BCUT2D eigenvalue weighted by atomic mass is 9.86. The summed E-state index contributed by atoms with van der Waals surface area (Å²) in [6.07, 6.45) is -0.467. The van der Waals surface area contributed by atoms with E-state index in [1.807, 2.05) is 0 Å². The van der Waals surface area contributed by atoms with Crippen molar-refractivity contribution in [2.75, 3.05) is 24.5 Å². The number of carbonyl (C=O) groups excluding carboxylic acids is 3. The van der Waals surface area contributed by atoms with E-state index >= 15 is 0 Å². The number of aromatic nitrogens is 1. The summed E-state index contributed by atoms with van der Waals surface area (Å²) in [6, 6.07) is 8.76. The SMILES string of the molecule is [C-]#[N+]c1ccc(CC23CN(C(=O)CCC(=O)O)CCN2C(=O)N(c2cc(Cl)nc(Cl)c2)C3=O)cc1. The molecule has 2 fully saturated rings. The van der Waals surface area contributed by atoms with Crippen molar-refractivity contribution in [3.63, 3.8) is 0 Å². The molecule has 0 saturated carbocycles. The van der Waals surface area contributed by atoms with Gasteiger partial charge < -0.3 is 14.9 Å². The second kappa shape index (κ2) is 9.52. The first-order valence-electron chi connectivity index (χ1n) is 10.6. The Hall–Kier alpha value is -3.68. The zero-order valence-electron chi connectivity index (χ0n) is 18.3. The number of carbonyl (C=O) groups is 4. The Morgan fingerprint density at radius 1 is 1.09 bits per heavy atom. The number of halogens is 2. The van der Waals surface area contributed by atoms with E-state index in [0.29, 0.717) is 11.3 Å². The Bertz CT molecular complexity index is 1240. The number of aliphatic carboxylic acids is 1. The van der Waals surface area contributed by atoms with Gasteiger partial charge in [-0.05, 0) is 17.7 Å². The summed E-state index contributed by atoms with van der Waals surface area (Å²) >= 11 is 12.0. The maximum atomic E-state index is 13.9. The van der Waals surface area contributed by atoms with Gasteiger partial charge in [0.25, 0.3) is 5.91 Å². The van der Waals surface area contributed by atoms with E-state index < -0.39 is 29.4 Å². The van der Waals surface area contributed by atoms with Gasteiger partial charge in [0.2, 0.25) is 5.91 Å². The highest BCUT2D eigenvalue weighted by atomic mass is 35.5. The van der Waals surface area contributed by atoms with Crippen LogP contribution in [0, 0.1) is 6.57 Å². The van der Waals surface area contributed by atoms with E-state index in [1.54, 1.807) is 24.3 Å². The quantitative estimate of drug-likeness (QED) is 0.358. The Labute approximate surface area is 210 Å². The van der Waals surface area contributed by atoms with Crippen LogP contribution in [0.4, 0.5) is 16.2 Å². The van der Waals surface area contributed by atoms with Crippen LogP contribution in [0.2, 0.25) is 10.3 Å². The molecule has 0 spiro atoms. The average Bonchev–Trinajstić information content (AvgIpc) is 3.03. The van der Waals surface area contributed by atoms with Crippen LogP contribution in [0.1, 0.15) is 18.4 Å². The summed E-state index contributed by atoms with van der Waals surface area (Å²) in [5, 5.41) is 8.96. The molecule has 1 aromatic carbocycles. The van der Waals surface area contributed by atoms with E-state index in [1.165, 1.54) is 21.9 Å². The molecule has 3 heterocycles. The molecule has 1 aromatic heterocycles. The molecule has 1 N–H and O–H groups in total. The molecule has 12 heteroatoms. The predicted molar refractivity (Wildman–Crippen MR) is 126 cm³/mol. The molecule has 1 atom stereocenters. The highest BCUT2D eigenvalue weighted by Crippen LogP contribution is 2.39. The lowest BCUT2D eigenvalue weighted by Crippen LogP contribution is -2.65. The first-order chi connectivity index (χ1) is 16.6. The molecule has 0 aliphatic carbocycles. The third-order valence-corrected chi connectivity index (χ3v) is 6.45. The molecule has 180 valence electrons. The highest BCUT2D eigenvalue weighted by Gasteiger charge is 2.60. The van der Waals surface area contributed by atoms with Crippen molar-refractivity contribution in [1.82, 2.24) is 14.8 Å². The van der Waals surface area contributed by atoms with Gasteiger partial charge in [0.1, 0.15) is 15.8 Å². The normalized spacial score (nSPS) is 19.5. The third kappa shape index (κ3) is 4.65. The third-order valence-electron chi connectivity index (χ3n) is 6.06. The highest BCUT2D eigenvalue weighted by molar-refractivity contribution is 6.33. The number of pyridine rings is 1. The van der Waals surface area contributed by atoms with Crippen LogP contribution in [0.25, 0.3) is 4.85 Å². The lowest BCUT2D eigenvalue weighted by Gasteiger charge is -2.44. The number of hydrogen-bond acceptors (Lipinski definition) is 5. The first-order valence-corrected chi connectivity index (χ1v) is 11.4. The zero-order chi connectivity index (χ0) is 25.3. The summed E-state index contributed by atoms with van der Waals surface area (Å²) in [5.74, 6) is -2.08. The summed E-state index contributed by atoms with van der Waals surface area (Å²) < 4.78 is 0. The fraction of sp³-hybridized carbons (Fsp3) is 0.304. The molecular formula is C23H19Cl2N5O5. The van der Waals surface area contributed by atoms with Crippen molar-refractivity contribution in [2.24, 2.45) is 0 Å². The molecule has 2 aliphatic rings. The van der Waals surface area contributed by atoms with Gasteiger partial charge >= 0.3 is 12.0 Å². The predicted octanol–water partition coefficient (Wildman–Crippen LogP) is 3.40. The fourth-order valence-corrected chi connectivity index (χ4v) is 4.89. The lowest BCUT2D eigenvalue weighted by molar-refractivity contribution is -0.144. The number of nitrogens with zero attached hydrogens (tertiary/aromatic N) is 5. The molecule has 1 unspecified atom stereocenters. The van der Waals surface area contributed by atoms with Crippen LogP contribution in [0.5, 0.6) is 0 Å². The topological polar surface area (TPSA) is 115 Å². The summed E-state index contributed by atoms with van der Waals surface area (Å²) in [4.78, 5) is 62.2. The molecule has 2 aromatic rings. The number of carboxylic acid groups (broad SMARTS) is 1. The van der Waals surface area contributed by atoms with Gasteiger partial charge in [0.05, 0.1) is 25.2 Å². The van der Waals surface area contributed by atoms with E-state index in [9.17, 15) is 19.2 Å². The summed E-state index contributed by atoms with van der Waals surface area (Å²) in [7, 11) is 0. The number of rotatable bonds is 6. The molecular weight excluding hydrogens is 497 g/mol. The van der Waals surface area contributed by atoms with E-state index in [4.69, 9.17) is 34.9 Å². The number of fused-ring (bicyclic) bond motifs is 1. The van der Waals surface area contributed by atoms with Crippen LogP contribution in [0.15, 0.2) is 36.4 Å². The Morgan fingerprint density at radius 2 is 1.74 bits per heavy atom. The second-order valence-electron chi connectivity index (χ2n) is 8.24. The molecule has 2 saturated heterocycles. The van der Waals surface area contributed by atoms with Gasteiger partial charge in [-0.15, -0.1) is 0 Å². The van der Waals surface area contributed by atoms with Gasteiger partial charge in [0.15, 0.2) is 5.69 Å². The Morgan fingerprint density at radius 3 is 2.34 bits per heavy atom. The number of anilines is 1. The van der Waals surface area contributed by atoms with E-state index in [2.05, 4.69) is 9.83 Å². The van der Waals surface area contributed by atoms with Crippen LogP contribution >= 0.6 is 23.2 Å². The van der Waals surface area contributed by atoms with Crippen molar-refractivity contribution in [3.8, 4) is 0 Å². The van der Waals surface area contributed by atoms with Crippen molar-refractivity contribution < 1.29 is 24.3 Å². The molecule has 0 radical (unpaired) electrons. The summed E-state index contributed by atoms with van der Waals surface area (Å²) in [5.41, 5.74) is -0.161. The van der Waals surface area contributed by atoms with Crippen LogP contribution in [-0.2, 0) is 20.8 Å². The number of benzene rings is 1. The second-order valence-corrected chi connectivity index (χ2v) is 9.02. The maximum absolute atomic E-state index is 13.9. The number of hydrogen-bond donors (Lipinski definition) is 1. The largest absolute Gasteiger partial charge is 0.481 e. The van der Waals surface area contributed by atoms with Crippen molar-refractivity contribution >= 4 is 58.4 Å². The van der Waals surface area contributed by atoms with E-state index in [0.717, 1.165) is 4.90 Å². The van der Waals surface area contributed by atoms with Crippen molar-refractivity contribution in [2.45, 2.75) is 24.8 Å². The number of imide groups is 1. The average molecular weight is 516 g/mol. The smallest absolute Gasteiger partial charge is 0.332 e. The minimum Gasteiger partial charge on any atom is -0.481 e. The number of piperazine rings is 1. The molecule has 4 amide bonds.